The predicted octanol–water partition coefficient (Wildman–Crippen LogP) is 3.92. The van der Waals surface area contributed by atoms with Crippen LogP contribution in [0.3, 0.4) is 0 Å². The van der Waals surface area contributed by atoms with Crippen LogP contribution in [-0.2, 0) is 20.8 Å². The smallest absolute Gasteiger partial charge is 0.256 e. The number of anilines is 1. The monoisotopic (exact) mass is 479 g/mol. The van der Waals surface area contributed by atoms with E-state index in [0.29, 0.717) is 11.8 Å². The van der Waals surface area contributed by atoms with Gasteiger partial charge in [-0.1, -0.05) is 48.5 Å². The number of hydrogen-bond acceptors (Lipinski definition) is 4. The third kappa shape index (κ3) is 7.28. The number of halogens is 2. The van der Waals surface area contributed by atoms with E-state index in [2.05, 4.69) is 10.6 Å². The standard InChI is InChI=1S/C27H27F2N3O3/c1-18(21-9-5-3-6-10-21)30-17-26(34)32(24-11-7-4-8-12-24)27(35)19(2)31-25(33)15-20-13-22(28)16-23(29)14-20/h3-14,16,18-19,30H,15,17H2,1-2H3,(H,31,33)/t18-,19+/m1/s1. The summed E-state index contributed by atoms with van der Waals surface area (Å²) in [6, 6.07) is 19.6. The summed E-state index contributed by atoms with van der Waals surface area (Å²) in [5.41, 5.74) is 1.49. The molecule has 3 amide bonds. The van der Waals surface area contributed by atoms with Crippen LogP contribution in [0.5, 0.6) is 0 Å². The number of nitrogens with zero attached hydrogens (tertiary/aromatic N) is 1. The van der Waals surface area contributed by atoms with Crippen molar-refractivity contribution in [1.82, 2.24) is 10.6 Å². The van der Waals surface area contributed by atoms with Gasteiger partial charge in [-0.3, -0.25) is 14.4 Å². The SMILES string of the molecule is C[C@H](NC(=O)Cc1cc(F)cc(F)c1)C(=O)N(C(=O)CN[C@H](C)c1ccccc1)c1ccccc1. The lowest BCUT2D eigenvalue weighted by Crippen LogP contribution is -2.51. The number of para-hydroxylation sites is 1. The van der Waals surface area contributed by atoms with Gasteiger partial charge in [0.1, 0.15) is 17.7 Å². The second kappa shape index (κ2) is 12.0. The van der Waals surface area contributed by atoms with Crippen molar-refractivity contribution in [2.45, 2.75) is 32.4 Å². The summed E-state index contributed by atoms with van der Waals surface area (Å²) in [6.07, 6.45) is -0.318. The van der Waals surface area contributed by atoms with Crippen LogP contribution in [0, 0.1) is 11.6 Å². The van der Waals surface area contributed by atoms with E-state index >= 15 is 0 Å². The molecule has 3 aromatic carbocycles. The molecular weight excluding hydrogens is 452 g/mol. The molecule has 0 saturated carbocycles. The van der Waals surface area contributed by atoms with Crippen molar-refractivity contribution in [2.24, 2.45) is 0 Å². The molecule has 2 atom stereocenters. The van der Waals surface area contributed by atoms with Gasteiger partial charge in [-0.2, -0.15) is 0 Å². The fourth-order valence-electron chi connectivity index (χ4n) is 3.60. The van der Waals surface area contributed by atoms with Gasteiger partial charge in [0, 0.05) is 12.1 Å². The Morgan fingerprint density at radius 2 is 1.43 bits per heavy atom. The number of carbonyl (C=O) groups excluding carboxylic acids is 3. The number of amides is 3. The molecule has 0 radical (unpaired) electrons. The summed E-state index contributed by atoms with van der Waals surface area (Å²) in [7, 11) is 0. The van der Waals surface area contributed by atoms with Crippen LogP contribution in [0.25, 0.3) is 0 Å². The summed E-state index contributed by atoms with van der Waals surface area (Å²) in [5, 5.41) is 5.64. The zero-order chi connectivity index (χ0) is 25.4. The van der Waals surface area contributed by atoms with Gasteiger partial charge in [0.2, 0.25) is 11.8 Å². The normalized spacial score (nSPS) is 12.5. The van der Waals surface area contributed by atoms with Gasteiger partial charge in [-0.15, -0.1) is 0 Å². The van der Waals surface area contributed by atoms with Crippen molar-refractivity contribution in [2.75, 3.05) is 11.4 Å². The molecule has 0 bridgehead atoms. The number of carbonyl (C=O) groups is 3. The summed E-state index contributed by atoms with van der Waals surface area (Å²) in [6.45, 7) is 3.25. The van der Waals surface area contributed by atoms with E-state index < -0.39 is 35.4 Å². The molecule has 6 nitrogen and oxygen atoms in total. The second-order valence-corrected chi connectivity index (χ2v) is 8.16. The van der Waals surface area contributed by atoms with Gasteiger partial charge >= 0.3 is 0 Å². The van der Waals surface area contributed by atoms with Gasteiger partial charge in [0.05, 0.1) is 18.7 Å². The summed E-state index contributed by atoms with van der Waals surface area (Å²) < 4.78 is 26.8. The van der Waals surface area contributed by atoms with E-state index in [1.54, 1.807) is 30.3 Å². The maximum atomic E-state index is 13.4. The van der Waals surface area contributed by atoms with Crippen molar-refractivity contribution in [3.63, 3.8) is 0 Å². The molecule has 3 aromatic rings. The van der Waals surface area contributed by atoms with Gasteiger partial charge in [0.25, 0.3) is 5.91 Å². The first-order valence-electron chi connectivity index (χ1n) is 11.2. The van der Waals surface area contributed by atoms with Crippen molar-refractivity contribution in [3.05, 3.63) is 102 Å². The number of benzene rings is 3. The molecule has 0 aliphatic carbocycles. The maximum Gasteiger partial charge on any atom is 0.256 e. The Kier molecular flexibility index (Phi) is 8.80. The van der Waals surface area contributed by atoms with Crippen molar-refractivity contribution >= 4 is 23.4 Å². The van der Waals surface area contributed by atoms with Crippen LogP contribution in [0.4, 0.5) is 14.5 Å². The van der Waals surface area contributed by atoms with E-state index in [-0.39, 0.29) is 24.6 Å². The highest BCUT2D eigenvalue weighted by molar-refractivity contribution is 6.17. The molecule has 0 saturated heterocycles. The number of imide groups is 1. The number of rotatable bonds is 9. The minimum Gasteiger partial charge on any atom is -0.344 e. The lowest BCUT2D eigenvalue weighted by atomic mass is 10.1. The summed E-state index contributed by atoms with van der Waals surface area (Å²) in [4.78, 5) is 39.8. The molecule has 182 valence electrons. The van der Waals surface area contributed by atoms with Gasteiger partial charge in [-0.25, -0.2) is 13.7 Å². The molecule has 8 heteroatoms. The molecule has 0 heterocycles. The topological polar surface area (TPSA) is 78.5 Å². The Morgan fingerprint density at radius 1 is 0.857 bits per heavy atom. The van der Waals surface area contributed by atoms with Crippen LogP contribution in [-0.4, -0.2) is 30.3 Å². The fraction of sp³-hybridized carbons (Fsp3) is 0.222. The maximum absolute atomic E-state index is 13.4. The van der Waals surface area contributed by atoms with Crippen molar-refractivity contribution < 1.29 is 23.2 Å². The van der Waals surface area contributed by atoms with E-state index in [9.17, 15) is 23.2 Å². The van der Waals surface area contributed by atoms with Gasteiger partial charge < -0.3 is 10.6 Å². The average molecular weight is 480 g/mol. The second-order valence-electron chi connectivity index (χ2n) is 8.16. The average Bonchev–Trinajstić information content (AvgIpc) is 2.83. The Labute approximate surface area is 203 Å². The first-order chi connectivity index (χ1) is 16.7. The largest absolute Gasteiger partial charge is 0.344 e. The molecule has 2 N–H and O–H groups in total. The first kappa shape index (κ1) is 25.7. The predicted molar refractivity (Wildman–Crippen MR) is 129 cm³/mol. The third-order valence-corrected chi connectivity index (χ3v) is 5.38. The lowest BCUT2D eigenvalue weighted by molar-refractivity contribution is -0.130. The highest BCUT2D eigenvalue weighted by Gasteiger charge is 2.28. The molecule has 0 spiro atoms. The Balaban J connectivity index is 1.69. The molecular formula is C27H27F2N3O3. The highest BCUT2D eigenvalue weighted by atomic mass is 19.1. The van der Waals surface area contributed by atoms with Gasteiger partial charge in [-0.05, 0) is 49.2 Å². The Morgan fingerprint density at radius 3 is 2.03 bits per heavy atom. The van der Waals surface area contributed by atoms with E-state index in [1.165, 1.54) is 6.92 Å². The van der Waals surface area contributed by atoms with E-state index in [4.69, 9.17) is 0 Å². The zero-order valence-electron chi connectivity index (χ0n) is 19.5. The summed E-state index contributed by atoms with van der Waals surface area (Å²) in [5.74, 6) is -3.32. The van der Waals surface area contributed by atoms with Crippen LogP contribution in [0.15, 0.2) is 78.9 Å². The number of hydrogen-bond donors (Lipinski definition) is 2. The fourth-order valence-corrected chi connectivity index (χ4v) is 3.60. The minimum atomic E-state index is -1.06. The Bertz CT molecular complexity index is 1150. The molecule has 0 fully saturated rings. The summed E-state index contributed by atoms with van der Waals surface area (Å²) >= 11 is 0. The molecule has 0 aromatic heterocycles. The van der Waals surface area contributed by atoms with Crippen LogP contribution in [0.1, 0.15) is 31.0 Å². The van der Waals surface area contributed by atoms with Crippen molar-refractivity contribution in [3.8, 4) is 0 Å². The molecule has 35 heavy (non-hydrogen) atoms. The lowest BCUT2D eigenvalue weighted by Gasteiger charge is -2.26. The van der Waals surface area contributed by atoms with E-state index in [0.717, 1.165) is 22.6 Å². The zero-order valence-corrected chi connectivity index (χ0v) is 19.5. The molecule has 3 rings (SSSR count). The Hall–Kier alpha value is -3.91. The molecule has 0 unspecified atom stereocenters. The van der Waals surface area contributed by atoms with E-state index in [1.807, 2.05) is 37.3 Å². The highest BCUT2D eigenvalue weighted by Crippen LogP contribution is 2.17. The van der Waals surface area contributed by atoms with Crippen molar-refractivity contribution in [1.29, 1.82) is 0 Å². The first-order valence-corrected chi connectivity index (χ1v) is 11.2. The quantitative estimate of drug-likeness (QED) is 0.488. The minimum absolute atomic E-state index is 0.111. The third-order valence-electron chi connectivity index (χ3n) is 5.38. The van der Waals surface area contributed by atoms with Gasteiger partial charge in [0.15, 0.2) is 0 Å². The van der Waals surface area contributed by atoms with Crippen LogP contribution < -0.4 is 15.5 Å². The number of nitrogens with one attached hydrogen (secondary N) is 2. The molecule has 0 aliphatic heterocycles. The van der Waals surface area contributed by atoms with Crippen LogP contribution >= 0.6 is 0 Å². The van der Waals surface area contributed by atoms with Crippen LogP contribution in [0.2, 0.25) is 0 Å². The molecule has 0 aliphatic rings.